The maximum Gasteiger partial charge on any atom is 0.0992 e. The number of nitrogens with zero attached hydrogens (tertiary/aromatic N) is 3. The highest BCUT2D eigenvalue weighted by atomic mass is 16.5. The van der Waals surface area contributed by atoms with E-state index in [2.05, 4.69) is 22.2 Å². The van der Waals surface area contributed by atoms with Crippen LogP contribution < -0.4 is 16.8 Å². The first-order chi connectivity index (χ1) is 19.0. The number of aromatic nitrogens is 2. The Labute approximate surface area is 260 Å². The van der Waals surface area contributed by atoms with E-state index in [9.17, 15) is 0 Å². The van der Waals surface area contributed by atoms with Gasteiger partial charge in [-0.2, -0.15) is 5.10 Å². The quantitative estimate of drug-likeness (QED) is 0.381. The first-order valence-corrected chi connectivity index (χ1v) is 14.3. The van der Waals surface area contributed by atoms with Crippen molar-refractivity contribution >= 4 is 63.7 Å². The van der Waals surface area contributed by atoms with Gasteiger partial charge in [0.15, 0.2) is 0 Å². The van der Waals surface area contributed by atoms with Gasteiger partial charge >= 0.3 is 0 Å². The molecule has 2 atom stereocenters. The number of hydrogen-bond donors (Lipinski definition) is 3. The van der Waals surface area contributed by atoms with Gasteiger partial charge in [-0.3, -0.25) is 4.68 Å². The lowest BCUT2D eigenvalue weighted by Gasteiger charge is -2.55. The first kappa shape index (κ1) is 34.4. The number of fused-ring (bicyclic) bond motifs is 2. The van der Waals surface area contributed by atoms with Crippen molar-refractivity contribution in [2.75, 3.05) is 20.1 Å². The zero-order valence-corrected chi connectivity index (χ0v) is 24.9. The summed E-state index contributed by atoms with van der Waals surface area (Å²) in [7, 11) is 40.2. The van der Waals surface area contributed by atoms with Gasteiger partial charge in [-0.05, 0) is 91.4 Å². The fraction of sp³-hybridized carbons (Fsp3) is 0.621. The Balaban J connectivity index is 0.000000225. The summed E-state index contributed by atoms with van der Waals surface area (Å²) in [5.41, 5.74) is 16.8. The predicted octanol–water partition coefficient (Wildman–Crippen LogP) is 1.34. The molecule has 5 rings (SSSR count). The van der Waals surface area contributed by atoms with Crippen LogP contribution in [0.2, 0.25) is 0 Å². The molecule has 2 saturated heterocycles. The smallest absolute Gasteiger partial charge is 0.0992 e. The summed E-state index contributed by atoms with van der Waals surface area (Å²) in [6, 6.07) is 3.98. The van der Waals surface area contributed by atoms with Gasteiger partial charge in [0.05, 0.1) is 58.4 Å². The third-order valence-electron chi connectivity index (χ3n) is 8.89. The van der Waals surface area contributed by atoms with Crippen molar-refractivity contribution in [3.05, 3.63) is 46.9 Å². The van der Waals surface area contributed by atoms with Crippen LogP contribution in [0.15, 0.2) is 35.8 Å². The van der Waals surface area contributed by atoms with Gasteiger partial charge in [-0.25, -0.2) is 0 Å². The molecule has 3 fully saturated rings. The second-order valence-corrected chi connectivity index (χ2v) is 12.3. The number of aryl methyl sites for hydroxylation is 2. The third-order valence-corrected chi connectivity index (χ3v) is 8.89. The normalized spacial score (nSPS) is 24.7. The first-order valence-electron chi connectivity index (χ1n) is 14.3. The highest BCUT2D eigenvalue weighted by Gasteiger charge is 2.48. The van der Waals surface area contributed by atoms with Crippen LogP contribution in [0.1, 0.15) is 57.6 Å². The van der Waals surface area contributed by atoms with Gasteiger partial charge in [0.2, 0.25) is 0 Å². The average molecular weight is 556 g/mol. The zero-order chi connectivity index (χ0) is 30.3. The van der Waals surface area contributed by atoms with E-state index in [0.29, 0.717) is 36.2 Å². The molecule has 1 aromatic heterocycles. The van der Waals surface area contributed by atoms with E-state index in [1.54, 1.807) is 7.05 Å². The fourth-order valence-electron chi connectivity index (χ4n) is 6.66. The molecule has 7 nitrogen and oxygen atoms in total. The molecule has 1 saturated carbocycles. The van der Waals surface area contributed by atoms with Crippen LogP contribution in [0.3, 0.4) is 0 Å². The Bertz CT molecular complexity index is 1300. The lowest BCUT2D eigenvalue weighted by molar-refractivity contribution is -0.0525. The number of allylic oxidation sites excluding steroid dienone is 2. The molecular weight excluding hydrogens is 513 g/mol. The number of ether oxygens (including phenoxy) is 1. The molecule has 13 heteroatoms. The molecule has 2 aliphatic heterocycles. The number of rotatable bonds is 5. The summed E-state index contributed by atoms with van der Waals surface area (Å²) in [5, 5.41) is 4.62. The van der Waals surface area contributed by atoms with Crippen LogP contribution in [0.25, 0.3) is 16.6 Å². The molecule has 2 unspecified atom stereocenters. The average Bonchev–Trinajstić information content (AvgIpc) is 3.57. The number of nitrogens with two attached hydrogens (primary N) is 2. The molecule has 1 aliphatic carbocycles. The highest BCUT2D eigenvalue weighted by molar-refractivity contribution is 6.44. The van der Waals surface area contributed by atoms with Gasteiger partial charge in [-0.15, -0.1) is 0 Å². The minimum absolute atomic E-state index is 0. The molecule has 2 aromatic rings. The molecule has 5 N–H and O–H groups in total. The SMILES string of the molecule is C.CN/C(N)=C(C)/C=C(\N)c1ccc2nn(C)cc2c1C.[B]C1([B])CC(C([B])([B])N2CC3CCCC3C2)CC([B])([B])O1. The molecule has 3 aliphatic rings. The molecular formula is C29H42B6N6O. The van der Waals surface area contributed by atoms with Crippen molar-refractivity contribution in [3.63, 3.8) is 0 Å². The van der Waals surface area contributed by atoms with Gasteiger partial charge in [-0.1, -0.05) is 25.3 Å². The number of hydrogen-bond acceptors (Lipinski definition) is 6. The van der Waals surface area contributed by atoms with Crippen LogP contribution in [-0.2, 0) is 11.8 Å². The molecule has 0 spiro atoms. The molecule has 42 heavy (non-hydrogen) atoms. The summed E-state index contributed by atoms with van der Waals surface area (Å²) < 4.78 is 7.12. The zero-order valence-electron chi connectivity index (χ0n) is 24.9. The minimum Gasteiger partial charge on any atom is -0.407 e. The molecule has 3 heterocycles. The Hall–Kier alpha value is -2.12. The van der Waals surface area contributed by atoms with Crippen molar-refractivity contribution in [3.8, 4) is 0 Å². The number of benzene rings is 1. The van der Waals surface area contributed by atoms with Crippen molar-refractivity contribution in [2.45, 2.75) is 69.5 Å². The van der Waals surface area contributed by atoms with E-state index >= 15 is 0 Å². The van der Waals surface area contributed by atoms with E-state index in [-0.39, 0.29) is 13.3 Å². The van der Waals surface area contributed by atoms with Crippen LogP contribution in [0.4, 0.5) is 0 Å². The number of likely N-dealkylation sites (tertiary alicyclic amines) is 1. The van der Waals surface area contributed by atoms with Crippen molar-refractivity contribution < 1.29 is 4.74 Å². The molecule has 12 radical (unpaired) electrons. The predicted molar refractivity (Wildman–Crippen MR) is 179 cm³/mol. The van der Waals surface area contributed by atoms with Gasteiger partial charge in [0.1, 0.15) is 0 Å². The molecule has 0 amide bonds. The van der Waals surface area contributed by atoms with Crippen molar-refractivity contribution in [1.82, 2.24) is 20.0 Å². The molecule has 1 aromatic carbocycles. The van der Waals surface area contributed by atoms with E-state index in [1.165, 1.54) is 19.3 Å². The van der Waals surface area contributed by atoms with Crippen LogP contribution >= 0.6 is 0 Å². The van der Waals surface area contributed by atoms with E-state index in [4.69, 9.17) is 63.3 Å². The Morgan fingerprint density at radius 1 is 1.10 bits per heavy atom. The van der Waals surface area contributed by atoms with Crippen LogP contribution in [-0.4, -0.2) is 98.0 Å². The van der Waals surface area contributed by atoms with Gasteiger partial charge in [0, 0.05) is 50.0 Å². The summed E-state index contributed by atoms with van der Waals surface area (Å²) in [6.45, 7) is 5.84. The third kappa shape index (κ3) is 7.50. The Morgan fingerprint density at radius 3 is 2.21 bits per heavy atom. The van der Waals surface area contributed by atoms with Crippen LogP contribution in [0, 0.1) is 24.7 Å². The topological polar surface area (TPSA) is 94.4 Å². The summed E-state index contributed by atoms with van der Waals surface area (Å²) in [4.78, 5) is 2.16. The van der Waals surface area contributed by atoms with Crippen LogP contribution in [0.5, 0.6) is 0 Å². The van der Waals surface area contributed by atoms with Gasteiger partial charge in [0.25, 0.3) is 0 Å². The Kier molecular flexibility index (Phi) is 10.5. The standard InChI is InChI=1S/C15H21N5.C13H17B6NO.CH4/c1-9(15(17)18-3)7-13(16)11-5-6-14-12(10(11)2)8-20(4)19-14;14-11(15)4-10(5-12(16,17)21-11)13(18,19)20-6-8-2-1-3-9(8)7-20;/h5-8,18H,16-17H2,1-4H3;8-10H,1-7H2;1H4/b13-7-,15-9+;;. The lowest BCUT2D eigenvalue weighted by Crippen LogP contribution is -2.63. The fourth-order valence-corrected chi connectivity index (χ4v) is 6.66. The molecule has 212 valence electrons. The number of nitrogens with one attached hydrogen (secondary N) is 1. The van der Waals surface area contributed by atoms with Crippen molar-refractivity contribution in [1.29, 1.82) is 0 Å². The summed E-state index contributed by atoms with van der Waals surface area (Å²) in [5.74, 6) is 1.82. The monoisotopic (exact) mass is 556 g/mol. The summed E-state index contributed by atoms with van der Waals surface area (Å²) in [6.07, 6.45) is 8.40. The second kappa shape index (κ2) is 12.9. The molecule has 0 bridgehead atoms. The highest BCUT2D eigenvalue weighted by Crippen LogP contribution is 2.44. The maximum absolute atomic E-state index is 6.47. The van der Waals surface area contributed by atoms with E-state index in [1.807, 2.05) is 43.1 Å². The Morgan fingerprint density at radius 2 is 1.67 bits per heavy atom. The lowest BCUT2D eigenvalue weighted by atomic mass is 9.43. The minimum atomic E-state index is -1.40. The second-order valence-electron chi connectivity index (χ2n) is 12.3. The van der Waals surface area contributed by atoms with E-state index in [0.717, 1.165) is 40.7 Å². The summed E-state index contributed by atoms with van der Waals surface area (Å²) >= 11 is 0. The van der Waals surface area contributed by atoms with E-state index < -0.39 is 16.1 Å². The van der Waals surface area contributed by atoms with Crippen molar-refractivity contribution in [2.24, 2.45) is 36.3 Å². The largest absolute Gasteiger partial charge is 0.407 e. The van der Waals surface area contributed by atoms with Gasteiger partial charge < -0.3 is 26.4 Å². The maximum atomic E-state index is 6.47.